The smallest absolute Gasteiger partial charge is 0.187 e. The highest BCUT2D eigenvalue weighted by molar-refractivity contribution is 5.22. The summed E-state index contributed by atoms with van der Waals surface area (Å²) in [4.78, 5) is 0. The number of rotatable bonds is 8. The van der Waals surface area contributed by atoms with E-state index in [1.54, 1.807) is 0 Å². The Hall–Kier alpha value is -0.740. The van der Waals surface area contributed by atoms with Gasteiger partial charge in [-0.1, -0.05) is 46.8 Å². The first kappa shape index (κ1) is 41.4. The van der Waals surface area contributed by atoms with E-state index in [0.717, 1.165) is 64.2 Å². The van der Waals surface area contributed by atoms with Gasteiger partial charge in [0.1, 0.15) is 48.8 Å². The average Bonchev–Trinajstić information content (AvgIpc) is 3.52. The van der Waals surface area contributed by atoms with Gasteiger partial charge >= 0.3 is 0 Å². The number of ether oxygens (including phenoxy) is 4. The molecule has 7 rings (SSSR count). The molecular weight excluding hydrogens is 696 g/mol. The number of hydrogen-bond donors (Lipinski definition) is 8. The van der Waals surface area contributed by atoms with Crippen LogP contribution < -0.4 is 0 Å². The fraction of sp³-hybridized carbons (Fsp3) is 0.952. The van der Waals surface area contributed by atoms with Crippen molar-refractivity contribution in [3.63, 3.8) is 0 Å². The summed E-state index contributed by atoms with van der Waals surface area (Å²) < 4.78 is 24.0. The fourth-order valence-electron chi connectivity index (χ4n) is 14.5. The van der Waals surface area contributed by atoms with Gasteiger partial charge in [0.15, 0.2) is 12.6 Å². The van der Waals surface area contributed by atoms with E-state index in [9.17, 15) is 40.9 Å². The van der Waals surface area contributed by atoms with Gasteiger partial charge in [0.05, 0.1) is 25.9 Å². The first-order valence-electron chi connectivity index (χ1n) is 20.8. The molecule has 0 aromatic carbocycles. The second-order valence-electron chi connectivity index (χ2n) is 20.3. The number of fused-ring (bicyclic) bond motifs is 7. The topological polar surface area (TPSA) is 199 Å². The molecule has 0 radical (unpaired) electrons. The molecule has 5 saturated carbocycles. The van der Waals surface area contributed by atoms with Gasteiger partial charge in [0, 0.05) is 5.41 Å². The Morgan fingerprint density at radius 3 is 2.06 bits per heavy atom. The molecule has 0 spiro atoms. The molecule has 7 aliphatic rings. The Balaban J connectivity index is 1.17. The van der Waals surface area contributed by atoms with E-state index in [4.69, 9.17) is 18.9 Å². The van der Waals surface area contributed by atoms with Crippen LogP contribution in [0.25, 0.3) is 0 Å². The monoisotopic (exact) mass is 766 g/mol. The number of allylic oxidation sites excluding steroid dienone is 1. The lowest BCUT2D eigenvalue weighted by molar-refractivity contribution is -0.360. The van der Waals surface area contributed by atoms with Gasteiger partial charge in [0.25, 0.3) is 0 Å². The third kappa shape index (κ3) is 6.05. The molecule has 2 saturated heterocycles. The summed E-state index contributed by atoms with van der Waals surface area (Å²) >= 11 is 0. The third-order valence-electron chi connectivity index (χ3n) is 17.7. The normalized spacial score (nSPS) is 55.6. The van der Waals surface area contributed by atoms with E-state index >= 15 is 0 Å². The molecule has 310 valence electrons. The second kappa shape index (κ2) is 14.5. The molecule has 6 unspecified atom stereocenters. The zero-order valence-corrected chi connectivity index (χ0v) is 33.3. The number of hydrogen-bond acceptors (Lipinski definition) is 12. The van der Waals surface area contributed by atoms with Crippen LogP contribution in [0, 0.1) is 56.7 Å². The highest BCUT2D eigenvalue weighted by Gasteiger charge is 2.71. The lowest BCUT2D eigenvalue weighted by atomic mass is 9.32. The van der Waals surface area contributed by atoms with Crippen molar-refractivity contribution in [2.75, 3.05) is 19.8 Å². The first-order chi connectivity index (χ1) is 25.3. The van der Waals surface area contributed by atoms with Crippen molar-refractivity contribution in [3.05, 3.63) is 12.2 Å². The van der Waals surface area contributed by atoms with E-state index < -0.39 is 74.6 Å². The summed E-state index contributed by atoms with van der Waals surface area (Å²) in [5, 5.41) is 85.6. The molecule has 2 aliphatic heterocycles. The molecule has 0 amide bonds. The zero-order valence-electron chi connectivity index (χ0n) is 33.3. The van der Waals surface area contributed by atoms with Gasteiger partial charge in [0.2, 0.25) is 0 Å². The van der Waals surface area contributed by atoms with Crippen molar-refractivity contribution in [3.8, 4) is 0 Å². The maximum absolute atomic E-state index is 11.8. The predicted molar refractivity (Wildman–Crippen MR) is 197 cm³/mol. The quantitative estimate of drug-likeness (QED) is 0.169. The first-order valence-corrected chi connectivity index (χ1v) is 20.8. The number of aliphatic hydroxyl groups is 8. The van der Waals surface area contributed by atoms with Gasteiger partial charge in [-0.2, -0.15) is 0 Å². The molecule has 7 fully saturated rings. The molecule has 5 aliphatic carbocycles. The van der Waals surface area contributed by atoms with Gasteiger partial charge in [-0.15, -0.1) is 0 Å². The SMILES string of the molecule is C=C(C)[C@@H]1CC[C@]2(CO[C@@H]3[C@@H](O)[C@H](O)O[C@H](CO)[C@@H]3OC3OC(CO)C(O)C(O)C3O)CC[C@]3(C)[C@H](CC[C@@H]4[C@@]5(C)C(O)CCC(C)(C)[C@@H]5CC[C@]43C)[C@@H]12. The molecular formula is C42H70O12. The standard InChI is InChI=1S/C42H70O12/c1-21(2)22-10-15-42(20-51-35-33(49)36(50)52-25(19-44)34(35)54-37-32(48)31(47)30(46)24(18-43)53-37)17-16-39(5)23(29(22)42)8-9-27-40(39,6)14-11-26-38(3,4)13-12-28(45)41(26,27)7/h22-37,43-50H,1,8-20H2,2-7H3/t22-,23+,24?,25+,26-,27-,28?,29+,30?,31?,32?,33+,34-,35+,36+,37?,39+,40+,41-,42+/m0/s1. The molecule has 12 heteroatoms. The maximum atomic E-state index is 11.8. The molecule has 0 aromatic rings. The summed E-state index contributed by atoms with van der Waals surface area (Å²) in [5.41, 5.74) is 1.06. The van der Waals surface area contributed by atoms with Gasteiger partial charge in [-0.25, -0.2) is 0 Å². The molecule has 54 heavy (non-hydrogen) atoms. The Labute approximate surface area is 321 Å². The third-order valence-corrected chi connectivity index (χ3v) is 17.7. The summed E-state index contributed by atoms with van der Waals surface area (Å²) in [5.74, 6) is 1.86. The highest BCUT2D eigenvalue weighted by Crippen LogP contribution is 2.77. The van der Waals surface area contributed by atoms with Crippen molar-refractivity contribution in [2.45, 2.75) is 173 Å². The summed E-state index contributed by atoms with van der Waals surface area (Å²) in [6, 6.07) is 0. The van der Waals surface area contributed by atoms with Crippen molar-refractivity contribution in [2.24, 2.45) is 56.7 Å². The van der Waals surface area contributed by atoms with E-state index in [-0.39, 0.29) is 45.7 Å². The van der Waals surface area contributed by atoms with Crippen LogP contribution in [0.1, 0.15) is 106 Å². The summed E-state index contributed by atoms with van der Waals surface area (Å²) in [7, 11) is 0. The number of aliphatic hydroxyl groups excluding tert-OH is 8. The summed E-state index contributed by atoms with van der Waals surface area (Å²) in [6.45, 7) is 18.0. The van der Waals surface area contributed by atoms with E-state index in [2.05, 4.69) is 48.1 Å². The zero-order chi connectivity index (χ0) is 39.3. The van der Waals surface area contributed by atoms with Gasteiger partial charge < -0.3 is 59.8 Å². The van der Waals surface area contributed by atoms with E-state index in [0.29, 0.717) is 23.7 Å². The minimum absolute atomic E-state index is 0.0303. The van der Waals surface area contributed by atoms with Crippen LogP contribution in [0.15, 0.2) is 12.2 Å². The van der Waals surface area contributed by atoms with Crippen LogP contribution >= 0.6 is 0 Å². The molecule has 0 aromatic heterocycles. The summed E-state index contributed by atoms with van der Waals surface area (Å²) in [6.07, 6.45) is -4.79. The minimum atomic E-state index is -1.72. The van der Waals surface area contributed by atoms with Crippen LogP contribution in [-0.2, 0) is 18.9 Å². The van der Waals surface area contributed by atoms with E-state index in [1.165, 1.54) is 5.57 Å². The Morgan fingerprint density at radius 1 is 0.685 bits per heavy atom. The fourth-order valence-corrected chi connectivity index (χ4v) is 14.5. The van der Waals surface area contributed by atoms with Crippen LogP contribution in [-0.4, -0.2) is 128 Å². The van der Waals surface area contributed by atoms with Gasteiger partial charge in [-0.05, 0) is 122 Å². The molecule has 12 nitrogen and oxygen atoms in total. The second-order valence-corrected chi connectivity index (χ2v) is 20.3. The van der Waals surface area contributed by atoms with Crippen molar-refractivity contribution >= 4 is 0 Å². The lowest BCUT2D eigenvalue weighted by Gasteiger charge is -2.73. The Bertz CT molecular complexity index is 1380. The highest BCUT2D eigenvalue weighted by atomic mass is 16.7. The van der Waals surface area contributed by atoms with Crippen LogP contribution in [0.3, 0.4) is 0 Å². The minimum Gasteiger partial charge on any atom is -0.394 e. The Kier molecular flexibility index (Phi) is 11.1. The van der Waals surface area contributed by atoms with E-state index in [1.807, 2.05) is 0 Å². The maximum Gasteiger partial charge on any atom is 0.187 e. The molecule has 2 heterocycles. The van der Waals surface area contributed by atoms with Crippen molar-refractivity contribution < 1.29 is 59.8 Å². The average molecular weight is 767 g/mol. The van der Waals surface area contributed by atoms with Crippen LogP contribution in [0.2, 0.25) is 0 Å². The largest absolute Gasteiger partial charge is 0.394 e. The lowest BCUT2D eigenvalue weighted by Crippen LogP contribution is -2.68. The predicted octanol–water partition coefficient (Wildman–Crippen LogP) is 2.65. The molecule has 8 N–H and O–H groups in total. The van der Waals surface area contributed by atoms with Crippen molar-refractivity contribution in [1.82, 2.24) is 0 Å². The Morgan fingerprint density at radius 2 is 1.39 bits per heavy atom. The van der Waals surface area contributed by atoms with Crippen molar-refractivity contribution in [1.29, 1.82) is 0 Å². The van der Waals surface area contributed by atoms with Crippen LogP contribution in [0.4, 0.5) is 0 Å². The van der Waals surface area contributed by atoms with Gasteiger partial charge in [-0.3, -0.25) is 0 Å². The molecule has 0 bridgehead atoms. The molecule has 20 atom stereocenters. The van der Waals surface area contributed by atoms with Crippen LogP contribution in [0.5, 0.6) is 0 Å².